The van der Waals surface area contributed by atoms with Crippen molar-refractivity contribution in [1.29, 1.82) is 0 Å². The normalized spacial score (nSPS) is 28.0. The molecule has 2 aliphatic rings. The quantitative estimate of drug-likeness (QED) is 0.845. The number of nitrogens with one attached hydrogen (secondary N) is 1. The van der Waals surface area contributed by atoms with Crippen molar-refractivity contribution in [2.75, 3.05) is 19.6 Å². The van der Waals surface area contributed by atoms with E-state index in [9.17, 15) is 0 Å². The molecule has 2 heteroatoms. The summed E-state index contributed by atoms with van der Waals surface area (Å²) in [4.78, 5) is 2.76. The van der Waals surface area contributed by atoms with Crippen molar-refractivity contribution in [3.05, 3.63) is 35.4 Å². The van der Waals surface area contributed by atoms with E-state index in [1.54, 1.807) is 11.1 Å². The fraction of sp³-hybridized carbons (Fsp3) is 0.684. The Morgan fingerprint density at radius 1 is 1.14 bits per heavy atom. The summed E-state index contributed by atoms with van der Waals surface area (Å²) in [5, 5.41) is 3.77. The number of rotatable bonds is 1. The van der Waals surface area contributed by atoms with Crippen molar-refractivity contribution >= 4 is 0 Å². The first-order chi connectivity index (χ1) is 10.1. The lowest BCUT2D eigenvalue weighted by Crippen LogP contribution is -2.47. The number of aryl methyl sites for hydroxylation is 1. The van der Waals surface area contributed by atoms with Crippen LogP contribution in [0.5, 0.6) is 0 Å². The SMILES string of the molecule is CC(C)(C)C1CN(C2CCCc3ccccc32)CCCN1. The fourth-order valence-electron chi connectivity index (χ4n) is 3.92. The Morgan fingerprint density at radius 3 is 2.76 bits per heavy atom. The van der Waals surface area contributed by atoms with Crippen molar-refractivity contribution in [2.45, 2.75) is 58.5 Å². The van der Waals surface area contributed by atoms with Crippen molar-refractivity contribution in [1.82, 2.24) is 10.2 Å². The third-order valence-corrected chi connectivity index (χ3v) is 5.25. The zero-order valence-electron chi connectivity index (χ0n) is 13.9. The number of hydrogen-bond donors (Lipinski definition) is 1. The molecule has 0 radical (unpaired) electrons. The van der Waals surface area contributed by atoms with Crippen LogP contribution in [0.25, 0.3) is 0 Å². The van der Waals surface area contributed by atoms with E-state index < -0.39 is 0 Å². The summed E-state index contributed by atoms with van der Waals surface area (Å²) < 4.78 is 0. The van der Waals surface area contributed by atoms with Gasteiger partial charge >= 0.3 is 0 Å². The van der Waals surface area contributed by atoms with E-state index >= 15 is 0 Å². The van der Waals surface area contributed by atoms with E-state index in [0.29, 0.717) is 17.5 Å². The maximum absolute atomic E-state index is 3.77. The molecule has 1 heterocycles. The Bertz CT molecular complexity index is 475. The first-order valence-corrected chi connectivity index (χ1v) is 8.61. The Balaban J connectivity index is 1.83. The molecule has 0 aromatic heterocycles. The monoisotopic (exact) mass is 286 g/mol. The molecule has 1 saturated heterocycles. The largest absolute Gasteiger partial charge is 0.312 e. The molecule has 1 N–H and O–H groups in total. The van der Waals surface area contributed by atoms with Crippen molar-refractivity contribution in [3.63, 3.8) is 0 Å². The summed E-state index contributed by atoms with van der Waals surface area (Å²) in [5.74, 6) is 0. The average molecular weight is 286 g/mol. The van der Waals surface area contributed by atoms with Gasteiger partial charge in [-0.25, -0.2) is 0 Å². The maximum atomic E-state index is 3.77. The molecule has 0 amide bonds. The summed E-state index contributed by atoms with van der Waals surface area (Å²) in [7, 11) is 0. The van der Waals surface area contributed by atoms with Gasteiger partial charge in [0.05, 0.1) is 0 Å². The molecule has 2 nitrogen and oxygen atoms in total. The highest BCUT2D eigenvalue weighted by atomic mass is 15.2. The lowest BCUT2D eigenvalue weighted by Gasteiger charge is -2.39. The Labute approximate surface area is 129 Å². The highest BCUT2D eigenvalue weighted by Crippen LogP contribution is 2.35. The number of nitrogens with zero attached hydrogens (tertiary/aromatic N) is 1. The summed E-state index contributed by atoms with van der Waals surface area (Å²) in [6.07, 6.45) is 5.20. The lowest BCUT2D eigenvalue weighted by atomic mass is 9.84. The van der Waals surface area contributed by atoms with Crippen LogP contribution in [0.3, 0.4) is 0 Å². The van der Waals surface area contributed by atoms with Crippen LogP contribution >= 0.6 is 0 Å². The predicted octanol–water partition coefficient (Wildman–Crippen LogP) is 3.77. The summed E-state index contributed by atoms with van der Waals surface area (Å²) in [6.45, 7) is 10.7. The highest BCUT2D eigenvalue weighted by Gasteiger charge is 2.32. The molecule has 1 aromatic rings. The second kappa shape index (κ2) is 6.10. The van der Waals surface area contributed by atoms with Gasteiger partial charge in [-0.2, -0.15) is 0 Å². The standard InChI is InChI=1S/C19H30N2/c1-19(2,3)18-14-21(13-7-12-20-18)17-11-6-9-15-8-4-5-10-16(15)17/h4-5,8,10,17-18,20H,6-7,9,11-14H2,1-3H3. The zero-order valence-corrected chi connectivity index (χ0v) is 13.9. The third-order valence-electron chi connectivity index (χ3n) is 5.25. The van der Waals surface area contributed by atoms with Gasteiger partial charge in [-0.15, -0.1) is 0 Å². The average Bonchev–Trinajstić information content (AvgIpc) is 2.72. The molecule has 1 aliphatic carbocycles. The van der Waals surface area contributed by atoms with Crippen LogP contribution in [0, 0.1) is 5.41 Å². The van der Waals surface area contributed by atoms with E-state index in [1.165, 1.54) is 38.8 Å². The van der Waals surface area contributed by atoms with Crippen LogP contribution in [-0.4, -0.2) is 30.6 Å². The van der Waals surface area contributed by atoms with Gasteiger partial charge in [0.1, 0.15) is 0 Å². The minimum Gasteiger partial charge on any atom is -0.312 e. The first kappa shape index (κ1) is 15.1. The molecule has 116 valence electrons. The molecule has 0 spiro atoms. The second-order valence-corrected chi connectivity index (χ2v) is 7.83. The van der Waals surface area contributed by atoms with Gasteiger partial charge in [-0.3, -0.25) is 4.90 Å². The predicted molar refractivity (Wildman–Crippen MR) is 89.6 cm³/mol. The van der Waals surface area contributed by atoms with E-state index in [2.05, 4.69) is 55.3 Å². The molecule has 0 saturated carbocycles. The summed E-state index contributed by atoms with van der Waals surface area (Å²) in [5.41, 5.74) is 3.51. The molecule has 1 fully saturated rings. The summed E-state index contributed by atoms with van der Waals surface area (Å²) >= 11 is 0. The Morgan fingerprint density at radius 2 is 1.95 bits per heavy atom. The molecule has 3 rings (SSSR count). The Kier molecular flexibility index (Phi) is 4.37. The van der Waals surface area contributed by atoms with E-state index in [4.69, 9.17) is 0 Å². The van der Waals surface area contributed by atoms with Gasteiger partial charge in [-0.05, 0) is 48.8 Å². The van der Waals surface area contributed by atoms with Gasteiger partial charge in [-0.1, -0.05) is 45.0 Å². The number of benzene rings is 1. The van der Waals surface area contributed by atoms with Gasteiger partial charge in [0.2, 0.25) is 0 Å². The molecule has 1 aliphatic heterocycles. The smallest absolute Gasteiger partial charge is 0.0351 e. The van der Waals surface area contributed by atoms with Gasteiger partial charge in [0.15, 0.2) is 0 Å². The minimum absolute atomic E-state index is 0.330. The maximum Gasteiger partial charge on any atom is 0.0351 e. The summed E-state index contributed by atoms with van der Waals surface area (Å²) in [6, 6.07) is 10.3. The molecule has 2 atom stereocenters. The van der Waals surface area contributed by atoms with Gasteiger partial charge in [0, 0.05) is 25.2 Å². The van der Waals surface area contributed by atoms with Crippen molar-refractivity contribution in [3.8, 4) is 0 Å². The van der Waals surface area contributed by atoms with Crippen molar-refractivity contribution in [2.24, 2.45) is 5.41 Å². The molecule has 21 heavy (non-hydrogen) atoms. The highest BCUT2D eigenvalue weighted by molar-refractivity contribution is 5.32. The van der Waals surface area contributed by atoms with Gasteiger partial charge in [0.25, 0.3) is 0 Å². The van der Waals surface area contributed by atoms with Crippen LogP contribution in [0.2, 0.25) is 0 Å². The fourth-order valence-corrected chi connectivity index (χ4v) is 3.92. The van der Waals surface area contributed by atoms with Crippen LogP contribution < -0.4 is 5.32 Å². The lowest BCUT2D eigenvalue weighted by molar-refractivity contribution is 0.142. The minimum atomic E-state index is 0.330. The van der Waals surface area contributed by atoms with E-state index in [-0.39, 0.29) is 0 Å². The zero-order chi connectivity index (χ0) is 14.9. The van der Waals surface area contributed by atoms with E-state index in [1.807, 2.05) is 0 Å². The molecular formula is C19H30N2. The number of hydrogen-bond acceptors (Lipinski definition) is 2. The molecule has 0 bridgehead atoms. The van der Waals surface area contributed by atoms with Crippen molar-refractivity contribution < 1.29 is 0 Å². The van der Waals surface area contributed by atoms with Crippen LogP contribution in [0.1, 0.15) is 57.2 Å². The van der Waals surface area contributed by atoms with Crippen LogP contribution in [-0.2, 0) is 6.42 Å². The third kappa shape index (κ3) is 3.32. The van der Waals surface area contributed by atoms with Crippen LogP contribution in [0.15, 0.2) is 24.3 Å². The second-order valence-electron chi connectivity index (χ2n) is 7.83. The topological polar surface area (TPSA) is 15.3 Å². The Hall–Kier alpha value is -0.860. The molecular weight excluding hydrogens is 256 g/mol. The molecule has 1 aromatic carbocycles. The van der Waals surface area contributed by atoms with E-state index in [0.717, 1.165) is 6.54 Å². The molecule has 2 unspecified atom stereocenters. The van der Waals surface area contributed by atoms with Gasteiger partial charge < -0.3 is 5.32 Å². The van der Waals surface area contributed by atoms with Crippen LogP contribution in [0.4, 0.5) is 0 Å². The first-order valence-electron chi connectivity index (χ1n) is 8.61. The number of fused-ring (bicyclic) bond motifs is 1.